The lowest BCUT2D eigenvalue weighted by molar-refractivity contribution is 0.0170. The highest BCUT2D eigenvalue weighted by Gasteiger charge is 2.27. The Balaban J connectivity index is 0.00000312. The first kappa shape index (κ1) is 20.9. The lowest BCUT2D eigenvalue weighted by Crippen LogP contribution is -2.53. The molecule has 1 saturated heterocycles. The molecule has 1 heterocycles. The van der Waals surface area contributed by atoms with E-state index in [2.05, 4.69) is 5.32 Å². The van der Waals surface area contributed by atoms with Crippen molar-refractivity contribution in [3.05, 3.63) is 29.8 Å². The van der Waals surface area contributed by atoms with Crippen LogP contribution in [0, 0.1) is 0 Å². The Kier molecular flexibility index (Phi) is 7.36. The Labute approximate surface area is 154 Å². The molecule has 1 aromatic carbocycles. The van der Waals surface area contributed by atoms with Gasteiger partial charge in [0, 0.05) is 38.4 Å². The average molecular weight is 371 g/mol. The first-order chi connectivity index (χ1) is 11.2. The van der Waals surface area contributed by atoms with Gasteiger partial charge in [-0.2, -0.15) is 0 Å². The smallest absolute Gasteiger partial charge is 0.410 e. The van der Waals surface area contributed by atoms with E-state index in [1.54, 1.807) is 15.9 Å². The van der Waals surface area contributed by atoms with Crippen molar-refractivity contribution in [2.75, 3.05) is 31.9 Å². The Hall–Kier alpha value is -2.15. The predicted octanol–water partition coefficient (Wildman–Crippen LogP) is 2.45. The van der Waals surface area contributed by atoms with E-state index in [1.807, 2.05) is 39.0 Å². The van der Waals surface area contributed by atoms with E-state index >= 15 is 0 Å². The molecular weight excluding hydrogens is 344 g/mol. The first-order valence-electron chi connectivity index (χ1n) is 8.10. The molecule has 0 saturated carbocycles. The summed E-state index contributed by atoms with van der Waals surface area (Å²) in [6.45, 7) is 7.86. The highest BCUT2D eigenvalue weighted by Crippen LogP contribution is 2.12. The fourth-order valence-electron chi connectivity index (χ4n) is 2.41. The SMILES string of the molecule is CC(C)(C)OC(=O)N1CCN(C(=O)NCc2cccc(N)c2)CC1.Cl. The highest BCUT2D eigenvalue weighted by atomic mass is 35.5. The van der Waals surface area contributed by atoms with Crippen LogP contribution in [0.4, 0.5) is 15.3 Å². The summed E-state index contributed by atoms with van der Waals surface area (Å²) >= 11 is 0. The summed E-state index contributed by atoms with van der Waals surface area (Å²) in [5.41, 5.74) is 6.84. The number of anilines is 1. The number of nitrogens with zero attached hydrogens (tertiary/aromatic N) is 2. The van der Waals surface area contributed by atoms with E-state index in [4.69, 9.17) is 10.5 Å². The number of urea groups is 1. The van der Waals surface area contributed by atoms with Crippen molar-refractivity contribution in [1.82, 2.24) is 15.1 Å². The molecule has 0 bridgehead atoms. The first-order valence-corrected chi connectivity index (χ1v) is 8.10. The second kappa shape index (κ2) is 8.80. The zero-order valence-corrected chi connectivity index (χ0v) is 15.8. The van der Waals surface area contributed by atoms with E-state index in [0.717, 1.165) is 5.56 Å². The summed E-state index contributed by atoms with van der Waals surface area (Å²) in [7, 11) is 0. The summed E-state index contributed by atoms with van der Waals surface area (Å²) in [4.78, 5) is 27.5. The number of amides is 3. The molecule has 8 heteroatoms. The van der Waals surface area contributed by atoms with Gasteiger partial charge in [0.25, 0.3) is 0 Å². The van der Waals surface area contributed by atoms with Crippen LogP contribution in [0.1, 0.15) is 26.3 Å². The van der Waals surface area contributed by atoms with Crippen LogP contribution in [-0.2, 0) is 11.3 Å². The van der Waals surface area contributed by atoms with Crippen LogP contribution >= 0.6 is 12.4 Å². The fourth-order valence-corrected chi connectivity index (χ4v) is 2.41. The molecule has 3 amide bonds. The number of piperazine rings is 1. The maximum atomic E-state index is 12.2. The lowest BCUT2D eigenvalue weighted by Gasteiger charge is -2.35. The number of hydrogen-bond acceptors (Lipinski definition) is 4. The van der Waals surface area contributed by atoms with Gasteiger partial charge in [-0.15, -0.1) is 12.4 Å². The van der Waals surface area contributed by atoms with Crippen molar-refractivity contribution in [2.24, 2.45) is 0 Å². The monoisotopic (exact) mass is 370 g/mol. The highest BCUT2D eigenvalue weighted by molar-refractivity contribution is 5.85. The number of nitrogens with two attached hydrogens (primary N) is 1. The molecule has 0 unspecified atom stereocenters. The fraction of sp³-hybridized carbons (Fsp3) is 0.529. The molecule has 7 nitrogen and oxygen atoms in total. The van der Waals surface area contributed by atoms with Crippen LogP contribution in [-0.4, -0.2) is 53.7 Å². The van der Waals surface area contributed by atoms with Crippen LogP contribution < -0.4 is 11.1 Å². The Morgan fingerprint density at radius 1 is 1.16 bits per heavy atom. The second-order valence-electron chi connectivity index (χ2n) is 6.86. The molecule has 0 spiro atoms. The van der Waals surface area contributed by atoms with Gasteiger partial charge in [-0.3, -0.25) is 0 Å². The minimum atomic E-state index is -0.511. The molecule has 0 atom stereocenters. The van der Waals surface area contributed by atoms with Gasteiger partial charge in [-0.25, -0.2) is 9.59 Å². The van der Waals surface area contributed by atoms with Gasteiger partial charge in [0.1, 0.15) is 5.60 Å². The zero-order chi connectivity index (χ0) is 17.7. The largest absolute Gasteiger partial charge is 0.444 e. The van der Waals surface area contributed by atoms with Crippen LogP contribution in [0.5, 0.6) is 0 Å². The number of ether oxygens (including phenoxy) is 1. The molecule has 1 aromatic rings. The van der Waals surface area contributed by atoms with E-state index in [1.165, 1.54) is 0 Å². The average Bonchev–Trinajstić information content (AvgIpc) is 2.51. The summed E-state index contributed by atoms with van der Waals surface area (Å²) < 4.78 is 5.35. The van der Waals surface area contributed by atoms with Gasteiger partial charge in [-0.1, -0.05) is 12.1 Å². The number of carbonyl (C=O) groups is 2. The second-order valence-corrected chi connectivity index (χ2v) is 6.86. The molecule has 0 aliphatic carbocycles. The van der Waals surface area contributed by atoms with Gasteiger partial charge in [0.05, 0.1) is 0 Å². The number of nitrogens with one attached hydrogen (secondary N) is 1. The molecule has 0 aromatic heterocycles. The number of nitrogen functional groups attached to an aromatic ring is 1. The van der Waals surface area contributed by atoms with Crippen LogP contribution in [0.25, 0.3) is 0 Å². The molecule has 140 valence electrons. The third kappa shape index (κ3) is 6.70. The van der Waals surface area contributed by atoms with E-state index in [-0.39, 0.29) is 24.5 Å². The van der Waals surface area contributed by atoms with Gasteiger partial charge in [0.15, 0.2) is 0 Å². The summed E-state index contributed by atoms with van der Waals surface area (Å²) in [6, 6.07) is 7.27. The van der Waals surface area contributed by atoms with Crippen molar-refractivity contribution < 1.29 is 14.3 Å². The maximum Gasteiger partial charge on any atom is 0.410 e. The van der Waals surface area contributed by atoms with Crippen molar-refractivity contribution in [2.45, 2.75) is 32.9 Å². The number of rotatable bonds is 2. The normalized spacial score (nSPS) is 14.5. The van der Waals surface area contributed by atoms with Gasteiger partial charge >= 0.3 is 12.1 Å². The predicted molar refractivity (Wildman–Crippen MR) is 99.7 cm³/mol. The standard InChI is InChI=1S/C17H26N4O3.ClH/c1-17(2,3)24-16(23)21-9-7-20(8-10-21)15(22)19-12-13-5-4-6-14(18)11-13;/h4-6,11H,7-10,12,18H2,1-3H3,(H,19,22);1H. The third-order valence-electron chi connectivity index (χ3n) is 3.61. The van der Waals surface area contributed by atoms with Gasteiger partial charge in [-0.05, 0) is 38.5 Å². The molecule has 1 aliphatic rings. The Morgan fingerprint density at radius 2 is 1.76 bits per heavy atom. The van der Waals surface area contributed by atoms with Crippen LogP contribution in [0.3, 0.4) is 0 Å². The van der Waals surface area contributed by atoms with Crippen LogP contribution in [0.15, 0.2) is 24.3 Å². The van der Waals surface area contributed by atoms with Crippen molar-refractivity contribution in [3.63, 3.8) is 0 Å². The molecular formula is C17H27ClN4O3. The molecule has 2 rings (SSSR count). The summed E-state index contributed by atoms with van der Waals surface area (Å²) in [6.07, 6.45) is -0.331. The summed E-state index contributed by atoms with van der Waals surface area (Å²) in [5.74, 6) is 0. The minimum Gasteiger partial charge on any atom is -0.444 e. The van der Waals surface area contributed by atoms with Gasteiger partial charge < -0.3 is 25.6 Å². The molecule has 3 N–H and O–H groups in total. The zero-order valence-electron chi connectivity index (χ0n) is 14.9. The van der Waals surface area contributed by atoms with Crippen molar-refractivity contribution in [1.29, 1.82) is 0 Å². The van der Waals surface area contributed by atoms with Crippen LogP contribution in [0.2, 0.25) is 0 Å². The van der Waals surface area contributed by atoms with Crippen molar-refractivity contribution >= 4 is 30.2 Å². The number of hydrogen-bond donors (Lipinski definition) is 2. The number of halogens is 1. The van der Waals surface area contributed by atoms with Crippen molar-refractivity contribution in [3.8, 4) is 0 Å². The van der Waals surface area contributed by atoms with Gasteiger partial charge in [0.2, 0.25) is 0 Å². The number of carbonyl (C=O) groups excluding carboxylic acids is 2. The Bertz CT molecular complexity index is 596. The molecule has 1 fully saturated rings. The minimum absolute atomic E-state index is 0. The Morgan fingerprint density at radius 3 is 2.32 bits per heavy atom. The quantitative estimate of drug-likeness (QED) is 0.783. The van der Waals surface area contributed by atoms with E-state index < -0.39 is 5.60 Å². The maximum absolute atomic E-state index is 12.2. The molecule has 0 radical (unpaired) electrons. The summed E-state index contributed by atoms with van der Waals surface area (Å²) in [5, 5.41) is 2.87. The topological polar surface area (TPSA) is 87.9 Å². The lowest BCUT2D eigenvalue weighted by atomic mass is 10.2. The van der Waals surface area contributed by atoms with E-state index in [0.29, 0.717) is 38.4 Å². The van der Waals surface area contributed by atoms with E-state index in [9.17, 15) is 9.59 Å². The third-order valence-corrected chi connectivity index (χ3v) is 3.61. The molecule has 1 aliphatic heterocycles. The molecule has 25 heavy (non-hydrogen) atoms. The number of benzene rings is 1.